The minimum Gasteiger partial charge on any atom is -0.492 e. The van der Waals surface area contributed by atoms with Gasteiger partial charge in [-0.15, -0.1) is 0 Å². The Labute approximate surface area is 262 Å². The predicted octanol–water partition coefficient (Wildman–Crippen LogP) is 4.11. The first kappa shape index (κ1) is 32.8. The molecule has 2 heterocycles. The first-order chi connectivity index (χ1) is 21.6. The number of anilines is 2. The summed E-state index contributed by atoms with van der Waals surface area (Å²) in [7, 11) is 1.16. The van der Waals surface area contributed by atoms with E-state index in [1.165, 1.54) is 6.07 Å². The van der Waals surface area contributed by atoms with Crippen LogP contribution in [-0.4, -0.2) is 63.0 Å². The van der Waals surface area contributed by atoms with Gasteiger partial charge in [0.2, 0.25) is 11.9 Å². The van der Waals surface area contributed by atoms with Crippen molar-refractivity contribution in [3.63, 3.8) is 0 Å². The molecule has 238 valence electrons. The molecule has 0 saturated carbocycles. The van der Waals surface area contributed by atoms with Gasteiger partial charge in [-0.1, -0.05) is 23.8 Å². The lowest BCUT2D eigenvalue weighted by atomic mass is 10.1. The quantitative estimate of drug-likeness (QED) is 0.0554. The Balaban J connectivity index is 1.61. The van der Waals surface area contributed by atoms with Gasteiger partial charge >= 0.3 is 5.97 Å². The van der Waals surface area contributed by atoms with Gasteiger partial charge in [0.1, 0.15) is 22.8 Å². The number of fused-ring (bicyclic) bond motifs is 1. The van der Waals surface area contributed by atoms with Crippen LogP contribution in [0.4, 0.5) is 17.5 Å². The lowest BCUT2D eigenvalue weighted by Gasteiger charge is -2.14. The second kappa shape index (κ2) is 14.5. The van der Waals surface area contributed by atoms with Crippen LogP contribution < -0.4 is 26.3 Å². The van der Waals surface area contributed by atoms with Gasteiger partial charge in [0.05, 0.1) is 42.0 Å². The number of primary amides is 1. The highest BCUT2D eigenvalue weighted by Gasteiger charge is 2.23. The molecular formula is C29H33ClN8O7. The second-order valence-corrected chi connectivity index (χ2v) is 10.1. The Morgan fingerprint density at radius 2 is 1.82 bits per heavy atom. The van der Waals surface area contributed by atoms with Gasteiger partial charge < -0.3 is 35.6 Å². The van der Waals surface area contributed by atoms with Gasteiger partial charge in [-0.05, 0) is 32.0 Å². The Kier molecular flexibility index (Phi) is 10.6. The van der Waals surface area contributed by atoms with Crippen LogP contribution in [0.3, 0.4) is 0 Å². The molecule has 0 spiro atoms. The molecule has 16 heteroatoms. The van der Waals surface area contributed by atoms with Crippen molar-refractivity contribution in [3.8, 4) is 11.5 Å². The SMILES string of the molecule is CCn1nc(C)cc1Nc1nc2cc(C(N)=O)cc(OCCCOc3cc(C(=O)OC)cc([N+](=O)[O-])c3Cl)c2n1C/C=C/CN. The van der Waals surface area contributed by atoms with Crippen molar-refractivity contribution >= 4 is 52.0 Å². The van der Waals surface area contributed by atoms with E-state index in [-0.39, 0.29) is 35.1 Å². The summed E-state index contributed by atoms with van der Waals surface area (Å²) >= 11 is 6.17. The molecule has 0 aliphatic carbocycles. The highest BCUT2D eigenvalue weighted by atomic mass is 35.5. The molecule has 4 rings (SSSR count). The summed E-state index contributed by atoms with van der Waals surface area (Å²) in [5, 5.41) is 19.0. The molecule has 0 bridgehead atoms. The summed E-state index contributed by atoms with van der Waals surface area (Å²) in [4.78, 5) is 39.6. The molecule has 1 amide bonds. The first-order valence-electron chi connectivity index (χ1n) is 13.9. The number of imidazole rings is 1. The summed E-state index contributed by atoms with van der Waals surface area (Å²) in [5.74, 6) is 0.0916. The Morgan fingerprint density at radius 3 is 2.47 bits per heavy atom. The molecule has 0 aliphatic rings. The van der Waals surface area contributed by atoms with Gasteiger partial charge in [0.25, 0.3) is 5.69 Å². The number of benzene rings is 2. The van der Waals surface area contributed by atoms with E-state index in [0.717, 1.165) is 24.7 Å². The van der Waals surface area contributed by atoms with E-state index in [1.54, 1.807) is 12.1 Å². The van der Waals surface area contributed by atoms with Crippen molar-refractivity contribution in [2.24, 2.45) is 11.5 Å². The van der Waals surface area contributed by atoms with E-state index in [4.69, 9.17) is 37.5 Å². The molecule has 2 aromatic heterocycles. The van der Waals surface area contributed by atoms with Crippen molar-refractivity contribution in [3.05, 3.63) is 74.4 Å². The van der Waals surface area contributed by atoms with Gasteiger partial charge in [-0.3, -0.25) is 14.9 Å². The average Bonchev–Trinajstić information content (AvgIpc) is 3.55. The molecule has 2 aromatic carbocycles. The molecule has 4 aromatic rings. The molecule has 0 atom stereocenters. The van der Waals surface area contributed by atoms with Crippen molar-refractivity contribution < 1.29 is 28.7 Å². The number of nitrogens with two attached hydrogens (primary N) is 2. The van der Waals surface area contributed by atoms with Crippen molar-refractivity contribution in [1.29, 1.82) is 0 Å². The number of halogens is 1. The molecular weight excluding hydrogens is 608 g/mol. The van der Waals surface area contributed by atoms with Crippen LogP contribution in [0.15, 0.2) is 42.5 Å². The van der Waals surface area contributed by atoms with E-state index < -0.39 is 22.5 Å². The fourth-order valence-electron chi connectivity index (χ4n) is 4.51. The standard InChI is InChI=1S/C29H33ClN8O7/c1-4-37-24(12-17(2)35-37)34-29-33-20-13-18(27(32)39)15-23(26(20)36(29)9-6-5-8-31)45-11-7-10-44-22-16-19(28(40)43-3)14-21(25(22)30)38(41)42/h5-6,12-16H,4,7-11,31H2,1-3H3,(H2,32,39)(H,33,34)/b6-5+. The number of allylic oxidation sites excluding steroid dienone is 1. The molecule has 15 nitrogen and oxygen atoms in total. The van der Waals surface area contributed by atoms with Gasteiger partial charge in [-0.25, -0.2) is 14.5 Å². The van der Waals surface area contributed by atoms with E-state index in [1.807, 2.05) is 41.3 Å². The third-order valence-corrected chi connectivity index (χ3v) is 6.95. The second-order valence-electron chi connectivity index (χ2n) is 9.68. The summed E-state index contributed by atoms with van der Waals surface area (Å²) in [6.45, 7) is 5.39. The molecule has 0 radical (unpaired) electrons. The Morgan fingerprint density at radius 1 is 1.11 bits per heavy atom. The van der Waals surface area contributed by atoms with Crippen LogP contribution in [-0.2, 0) is 17.8 Å². The predicted molar refractivity (Wildman–Crippen MR) is 167 cm³/mol. The summed E-state index contributed by atoms with van der Waals surface area (Å²) in [6.07, 6.45) is 4.01. The number of nitro groups is 1. The minimum absolute atomic E-state index is 0.0335. The zero-order chi connectivity index (χ0) is 32.7. The zero-order valence-electron chi connectivity index (χ0n) is 24.9. The monoisotopic (exact) mass is 640 g/mol. The summed E-state index contributed by atoms with van der Waals surface area (Å²) in [5.41, 5.74) is 12.8. The first-order valence-corrected chi connectivity index (χ1v) is 14.3. The third-order valence-electron chi connectivity index (χ3n) is 6.57. The van der Waals surface area contributed by atoms with Crippen LogP contribution in [0.25, 0.3) is 11.0 Å². The van der Waals surface area contributed by atoms with Crippen molar-refractivity contribution in [2.75, 3.05) is 32.2 Å². The number of rotatable bonds is 15. The topological polar surface area (TPSA) is 205 Å². The Hall–Kier alpha value is -5.15. The third kappa shape index (κ3) is 7.50. The number of esters is 1. The molecule has 0 unspecified atom stereocenters. The maximum atomic E-state index is 12.2. The number of ether oxygens (including phenoxy) is 3. The van der Waals surface area contributed by atoms with E-state index in [2.05, 4.69) is 15.2 Å². The van der Waals surface area contributed by atoms with Gasteiger partial charge in [-0.2, -0.15) is 5.10 Å². The number of methoxy groups -OCH3 is 1. The largest absolute Gasteiger partial charge is 0.492 e. The summed E-state index contributed by atoms with van der Waals surface area (Å²) in [6, 6.07) is 7.33. The van der Waals surface area contributed by atoms with Crippen LogP contribution in [0.5, 0.6) is 11.5 Å². The van der Waals surface area contributed by atoms with Crippen molar-refractivity contribution in [1.82, 2.24) is 19.3 Å². The number of carbonyl (C=O) groups excluding carboxylic acids is 2. The van der Waals surface area contributed by atoms with Crippen LogP contribution in [0, 0.1) is 17.0 Å². The maximum Gasteiger partial charge on any atom is 0.338 e. The molecule has 0 aliphatic heterocycles. The number of nitrogens with one attached hydrogen (secondary N) is 1. The number of aryl methyl sites for hydroxylation is 2. The number of hydrogen-bond donors (Lipinski definition) is 3. The lowest BCUT2D eigenvalue weighted by Crippen LogP contribution is -2.12. The Bertz CT molecular complexity index is 1770. The number of amides is 1. The minimum atomic E-state index is -0.776. The fourth-order valence-corrected chi connectivity index (χ4v) is 4.75. The highest BCUT2D eigenvalue weighted by molar-refractivity contribution is 6.34. The van der Waals surface area contributed by atoms with Crippen molar-refractivity contribution in [2.45, 2.75) is 33.4 Å². The van der Waals surface area contributed by atoms with E-state index in [0.29, 0.717) is 48.8 Å². The van der Waals surface area contributed by atoms with E-state index >= 15 is 0 Å². The maximum absolute atomic E-state index is 12.2. The fraction of sp³-hybridized carbons (Fsp3) is 0.310. The normalized spacial score (nSPS) is 11.2. The highest BCUT2D eigenvalue weighted by Crippen LogP contribution is 2.36. The molecule has 0 saturated heterocycles. The number of nitro benzene ring substituents is 1. The smallest absolute Gasteiger partial charge is 0.338 e. The van der Waals surface area contributed by atoms with Gasteiger partial charge in [0, 0.05) is 43.8 Å². The van der Waals surface area contributed by atoms with Gasteiger partial charge in [0.15, 0.2) is 5.02 Å². The molecule has 0 fully saturated rings. The number of carbonyl (C=O) groups is 2. The zero-order valence-corrected chi connectivity index (χ0v) is 25.7. The van der Waals surface area contributed by atoms with Crippen LogP contribution >= 0.6 is 11.6 Å². The van der Waals surface area contributed by atoms with Crippen LogP contribution in [0.2, 0.25) is 5.02 Å². The number of nitrogens with zero attached hydrogens (tertiary/aromatic N) is 5. The molecule has 45 heavy (non-hydrogen) atoms. The lowest BCUT2D eigenvalue weighted by molar-refractivity contribution is -0.384. The van der Waals surface area contributed by atoms with E-state index in [9.17, 15) is 19.7 Å². The number of hydrogen-bond acceptors (Lipinski definition) is 11. The number of aromatic nitrogens is 4. The summed E-state index contributed by atoms with van der Waals surface area (Å²) < 4.78 is 20.2. The van der Waals surface area contributed by atoms with Crippen LogP contribution in [0.1, 0.15) is 39.8 Å². The average molecular weight is 641 g/mol. The molecule has 5 N–H and O–H groups in total.